The maximum Gasteiger partial charge on any atom is 0.271 e. The van der Waals surface area contributed by atoms with Crippen LogP contribution in [-0.4, -0.2) is 26.7 Å². The number of benzene rings is 1. The molecule has 7 heteroatoms. The molecule has 28 heavy (non-hydrogen) atoms. The second kappa shape index (κ2) is 6.29. The number of fused-ring (bicyclic) bond motifs is 1. The fourth-order valence-electron chi connectivity index (χ4n) is 6.58. The monoisotopic (exact) mass is 382 g/mol. The minimum atomic E-state index is -0.425. The number of nitrogens with one attached hydrogen (secondary N) is 1. The van der Waals surface area contributed by atoms with E-state index in [1.807, 2.05) is 0 Å². The Hall–Kier alpha value is -2.44. The summed E-state index contributed by atoms with van der Waals surface area (Å²) in [7, 11) is 0. The maximum atomic E-state index is 12.8. The summed E-state index contributed by atoms with van der Waals surface area (Å²) in [5.74, 6) is 2.48. The summed E-state index contributed by atoms with van der Waals surface area (Å²) in [6.45, 7) is 2.25. The van der Waals surface area contributed by atoms with E-state index in [-0.39, 0.29) is 29.6 Å². The first kappa shape index (κ1) is 17.6. The summed E-state index contributed by atoms with van der Waals surface area (Å²) in [5, 5.41) is 19.4. The van der Waals surface area contributed by atoms with Crippen LogP contribution in [0, 0.1) is 33.3 Å². The minimum Gasteiger partial charge on any atom is -0.351 e. The van der Waals surface area contributed by atoms with E-state index in [0.717, 1.165) is 23.1 Å². The van der Waals surface area contributed by atoms with Crippen LogP contribution in [0.5, 0.6) is 0 Å². The highest BCUT2D eigenvalue weighted by atomic mass is 16.6. The first-order valence-electron chi connectivity index (χ1n) is 10.3. The van der Waals surface area contributed by atoms with E-state index < -0.39 is 4.92 Å². The zero-order chi connectivity index (χ0) is 19.5. The van der Waals surface area contributed by atoms with Crippen LogP contribution in [0.1, 0.15) is 45.4 Å². The van der Waals surface area contributed by atoms with E-state index >= 15 is 0 Å². The zero-order valence-corrected chi connectivity index (χ0v) is 16.1. The summed E-state index contributed by atoms with van der Waals surface area (Å²) in [6, 6.07) is 4.78. The number of nitro benzene ring substituents is 1. The van der Waals surface area contributed by atoms with Gasteiger partial charge >= 0.3 is 0 Å². The van der Waals surface area contributed by atoms with Crippen molar-refractivity contribution in [3.05, 3.63) is 34.5 Å². The van der Waals surface area contributed by atoms with Crippen LogP contribution in [0.25, 0.3) is 10.9 Å². The molecular weight excluding hydrogens is 356 g/mol. The molecule has 1 amide bonds. The molecule has 2 aromatic rings. The predicted octanol–water partition coefficient (Wildman–Crippen LogP) is 3.67. The summed E-state index contributed by atoms with van der Waals surface area (Å²) in [5.41, 5.74) is 0.887. The van der Waals surface area contributed by atoms with Crippen molar-refractivity contribution < 1.29 is 9.72 Å². The van der Waals surface area contributed by atoms with Crippen molar-refractivity contribution >= 4 is 22.5 Å². The van der Waals surface area contributed by atoms with Gasteiger partial charge in [-0.1, -0.05) is 0 Å². The van der Waals surface area contributed by atoms with E-state index in [1.165, 1.54) is 50.7 Å². The molecule has 4 aliphatic carbocycles. The molecule has 0 saturated heterocycles. The van der Waals surface area contributed by atoms with E-state index in [4.69, 9.17) is 0 Å². The highest BCUT2D eigenvalue weighted by molar-refractivity contribution is 5.83. The van der Waals surface area contributed by atoms with Crippen molar-refractivity contribution in [3.63, 3.8) is 0 Å². The van der Waals surface area contributed by atoms with Gasteiger partial charge in [0.2, 0.25) is 5.91 Å². The standard InChI is InChI=1S/C21H26N4O3/c1-13(21-8-14-4-15(9-21)6-16(5-14)10-21)23-20(26)12-24-19-7-18(25(27)28)3-2-17(19)11-22-24/h2-3,7,11,13-16H,4-6,8-10,12H2,1H3,(H,23,26). The van der Waals surface area contributed by atoms with Crippen LogP contribution in [0.15, 0.2) is 24.4 Å². The molecule has 1 heterocycles. The highest BCUT2D eigenvalue weighted by Crippen LogP contribution is 2.61. The molecule has 1 aromatic carbocycles. The van der Waals surface area contributed by atoms with Gasteiger partial charge in [-0.15, -0.1) is 0 Å². The summed E-state index contributed by atoms with van der Waals surface area (Å²) >= 11 is 0. The van der Waals surface area contributed by atoms with Crippen molar-refractivity contribution in [3.8, 4) is 0 Å². The number of rotatable bonds is 5. The number of carbonyl (C=O) groups is 1. The first-order chi connectivity index (χ1) is 13.4. The Morgan fingerprint density at radius 3 is 2.54 bits per heavy atom. The van der Waals surface area contributed by atoms with Gasteiger partial charge in [-0.05, 0) is 74.7 Å². The normalized spacial score (nSPS) is 31.8. The number of nitrogens with zero attached hydrogens (tertiary/aromatic N) is 3. The molecule has 4 fully saturated rings. The molecule has 7 nitrogen and oxygen atoms in total. The average molecular weight is 382 g/mol. The third-order valence-corrected chi connectivity index (χ3v) is 7.51. The first-order valence-corrected chi connectivity index (χ1v) is 10.3. The van der Waals surface area contributed by atoms with Gasteiger partial charge < -0.3 is 5.32 Å². The largest absolute Gasteiger partial charge is 0.351 e. The second-order valence-electron chi connectivity index (χ2n) is 9.37. The fraction of sp³-hybridized carbons (Fsp3) is 0.619. The molecule has 1 unspecified atom stereocenters. The Kier molecular flexibility index (Phi) is 3.96. The molecule has 4 bridgehead atoms. The molecule has 148 valence electrons. The van der Waals surface area contributed by atoms with E-state index in [9.17, 15) is 14.9 Å². The Bertz CT molecular complexity index is 915. The molecule has 0 spiro atoms. The van der Waals surface area contributed by atoms with Crippen molar-refractivity contribution in [2.45, 2.75) is 58.0 Å². The predicted molar refractivity (Wildman–Crippen MR) is 105 cm³/mol. The van der Waals surface area contributed by atoms with Gasteiger partial charge in [-0.3, -0.25) is 19.6 Å². The Labute approximate surface area is 163 Å². The molecule has 0 radical (unpaired) electrons. The second-order valence-corrected chi connectivity index (χ2v) is 9.37. The van der Waals surface area contributed by atoms with Crippen LogP contribution in [0.3, 0.4) is 0 Å². The van der Waals surface area contributed by atoms with Crippen molar-refractivity contribution in [2.24, 2.45) is 23.2 Å². The number of aromatic nitrogens is 2. The van der Waals surface area contributed by atoms with Crippen LogP contribution in [-0.2, 0) is 11.3 Å². The number of non-ortho nitro benzene ring substituents is 1. The topological polar surface area (TPSA) is 90.1 Å². The molecule has 1 N–H and O–H groups in total. The molecular formula is C21H26N4O3. The quantitative estimate of drug-likeness (QED) is 0.631. The van der Waals surface area contributed by atoms with Gasteiger partial charge in [-0.25, -0.2) is 0 Å². The fourth-order valence-corrected chi connectivity index (χ4v) is 6.58. The van der Waals surface area contributed by atoms with Crippen LogP contribution >= 0.6 is 0 Å². The van der Waals surface area contributed by atoms with Crippen molar-refractivity contribution in [1.82, 2.24) is 15.1 Å². The lowest BCUT2D eigenvalue weighted by molar-refractivity contribution is -0.384. The number of hydrogen-bond donors (Lipinski definition) is 1. The van der Waals surface area contributed by atoms with Crippen LogP contribution in [0.4, 0.5) is 5.69 Å². The number of nitro groups is 1. The number of hydrogen-bond acceptors (Lipinski definition) is 4. The average Bonchev–Trinajstić information content (AvgIpc) is 3.02. The highest BCUT2D eigenvalue weighted by Gasteiger charge is 2.53. The molecule has 6 rings (SSSR count). The summed E-state index contributed by atoms with van der Waals surface area (Å²) < 4.78 is 1.56. The molecule has 0 aliphatic heterocycles. The Morgan fingerprint density at radius 1 is 1.29 bits per heavy atom. The van der Waals surface area contributed by atoms with Crippen molar-refractivity contribution in [1.29, 1.82) is 0 Å². The number of amides is 1. The lowest BCUT2D eigenvalue weighted by Gasteiger charge is -2.59. The Morgan fingerprint density at radius 2 is 1.93 bits per heavy atom. The molecule has 4 aliphatic rings. The lowest BCUT2D eigenvalue weighted by atomic mass is 9.48. The van der Waals surface area contributed by atoms with E-state index in [0.29, 0.717) is 5.52 Å². The third-order valence-electron chi connectivity index (χ3n) is 7.51. The molecule has 1 aromatic heterocycles. The molecule has 1 atom stereocenters. The SMILES string of the molecule is CC(NC(=O)Cn1ncc2ccc([N+](=O)[O-])cc21)C12CC3CC(CC(C3)C1)C2. The van der Waals surface area contributed by atoms with Gasteiger partial charge in [0.05, 0.1) is 16.6 Å². The summed E-state index contributed by atoms with van der Waals surface area (Å²) in [6.07, 6.45) is 9.55. The van der Waals surface area contributed by atoms with Gasteiger partial charge in [0, 0.05) is 23.6 Å². The van der Waals surface area contributed by atoms with Crippen LogP contribution < -0.4 is 5.32 Å². The lowest BCUT2D eigenvalue weighted by Crippen LogP contribution is -2.56. The Balaban J connectivity index is 1.31. The zero-order valence-electron chi connectivity index (χ0n) is 16.1. The van der Waals surface area contributed by atoms with E-state index in [2.05, 4.69) is 17.3 Å². The third kappa shape index (κ3) is 2.88. The number of carbonyl (C=O) groups excluding carboxylic acids is 1. The maximum absolute atomic E-state index is 12.8. The minimum absolute atomic E-state index is 0.0107. The van der Waals surface area contributed by atoms with Gasteiger partial charge in [0.25, 0.3) is 5.69 Å². The van der Waals surface area contributed by atoms with Gasteiger partial charge in [0.15, 0.2) is 0 Å². The van der Waals surface area contributed by atoms with Crippen LogP contribution in [0.2, 0.25) is 0 Å². The van der Waals surface area contributed by atoms with Crippen molar-refractivity contribution in [2.75, 3.05) is 0 Å². The van der Waals surface area contributed by atoms with E-state index in [1.54, 1.807) is 16.9 Å². The molecule has 4 saturated carbocycles. The van der Waals surface area contributed by atoms with Gasteiger partial charge in [0.1, 0.15) is 6.54 Å². The summed E-state index contributed by atoms with van der Waals surface area (Å²) in [4.78, 5) is 23.4. The van der Waals surface area contributed by atoms with Gasteiger partial charge in [-0.2, -0.15) is 5.10 Å². The smallest absolute Gasteiger partial charge is 0.271 e.